The van der Waals surface area contributed by atoms with Gasteiger partial charge in [0.15, 0.2) is 9.84 Å². The van der Waals surface area contributed by atoms with Crippen molar-refractivity contribution in [1.82, 2.24) is 0 Å². The van der Waals surface area contributed by atoms with Gasteiger partial charge < -0.3 is 5.32 Å². The summed E-state index contributed by atoms with van der Waals surface area (Å²) in [6.07, 6.45) is 0. The molecule has 0 saturated heterocycles. The Kier molecular flexibility index (Phi) is 5.44. The van der Waals surface area contributed by atoms with Gasteiger partial charge in [0.2, 0.25) is 5.91 Å². The second-order valence-corrected chi connectivity index (χ2v) is 7.93. The monoisotopic (exact) mass is 351 g/mol. The van der Waals surface area contributed by atoms with Crippen LogP contribution in [0.5, 0.6) is 0 Å². The Labute approximate surface area is 141 Å². The van der Waals surface area contributed by atoms with E-state index >= 15 is 0 Å². The molecule has 1 N–H and O–H groups in total. The topological polar surface area (TPSA) is 63.2 Å². The van der Waals surface area contributed by atoms with Crippen LogP contribution >= 0.6 is 11.6 Å². The SMILES string of the molecule is CC(C)c1ccccc1NC(=O)CS(=O)(=O)c1ccc(Cl)cc1. The Morgan fingerprint density at radius 3 is 2.30 bits per heavy atom. The maximum atomic E-state index is 12.3. The number of amides is 1. The van der Waals surface area contributed by atoms with Crippen molar-refractivity contribution in [3.63, 3.8) is 0 Å². The van der Waals surface area contributed by atoms with Crippen LogP contribution in [0.4, 0.5) is 5.69 Å². The minimum absolute atomic E-state index is 0.0780. The summed E-state index contributed by atoms with van der Waals surface area (Å²) in [6, 6.07) is 13.1. The second kappa shape index (κ2) is 7.15. The van der Waals surface area contributed by atoms with E-state index in [-0.39, 0.29) is 10.8 Å². The Balaban J connectivity index is 2.15. The van der Waals surface area contributed by atoms with Gasteiger partial charge in [0.05, 0.1) is 4.90 Å². The molecule has 0 saturated carbocycles. The van der Waals surface area contributed by atoms with E-state index in [2.05, 4.69) is 5.32 Å². The summed E-state index contributed by atoms with van der Waals surface area (Å²) in [6.45, 7) is 4.02. The molecule has 0 aliphatic heterocycles. The summed E-state index contributed by atoms with van der Waals surface area (Å²) in [5.41, 5.74) is 1.60. The number of para-hydroxylation sites is 1. The first-order valence-electron chi connectivity index (χ1n) is 7.16. The molecule has 6 heteroatoms. The molecule has 0 unspecified atom stereocenters. The van der Waals surface area contributed by atoms with E-state index in [9.17, 15) is 13.2 Å². The molecule has 0 fully saturated rings. The molecule has 0 radical (unpaired) electrons. The largest absolute Gasteiger partial charge is 0.325 e. The fourth-order valence-corrected chi connectivity index (χ4v) is 3.46. The molecular formula is C17H18ClNO3S. The number of halogens is 1. The highest BCUT2D eigenvalue weighted by atomic mass is 35.5. The van der Waals surface area contributed by atoms with Crippen LogP contribution in [-0.2, 0) is 14.6 Å². The lowest BCUT2D eigenvalue weighted by Gasteiger charge is -2.13. The van der Waals surface area contributed by atoms with Gasteiger partial charge in [-0.1, -0.05) is 43.6 Å². The van der Waals surface area contributed by atoms with Crippen LogP contribution < -0.4 is 5.32 Å². The summed E-state index contributed by atoms with van der Waals surface area (Å²) in [7, 11) is -3.70. The van der Waals surface area contributed by atoms with Gasteiger partial charge in [-0.15, -0.1) is 0 Å². The minimum atomic E-state index is -3.70. The fraction of sp³-hybridized carbons (Fsp3) is 0.235. The number of benzene rings is 2. The number of hydrogen-bond acceptors (Lipinski definition) is 3. The molecule has 0 aromatic heterocycles. The molecule has 0 aliphatic rings. The van der Waals surface area contributed by atoms with Gasteiger partial charge in [-0.2, -0.15) is 0 Å². The zero-order valence-corrected chi connectivity index (χ0v) is 14.5. The number of anilines is 1. The molecule has 2 rings (SSSR count). The molecule has 2 aromatic rings. The molecule has 23 heavy (non-hydrogen) atoms. The van der Waals surface area contributed by atoms with Crippen LogP contribution in [0.25, 0.3) is 0 Å². The molecule has 0 spiro atoms. The van der Waals surface area contributed by atoms with Crippen molar-refractivity contribution in [2.45, 2.75) is 24.7 Å². The lowest BCUT2D eigenvalue weighted by Crippen LogP contribution is -2.23. The Morgan fingerprint density at radius 1 is 1.09 bits per heavy atom. The van der Waals surface area contributed by atoms with Gasteiger partial charge in [0, 0.05) is 10.7 Å². The van der Waals surface area contributed by atoms with E-state index in [1.165, 1.54) is 24.3 Å². The molecular weight excluding hydrogens is 334 g/mol. The van der Waals surface area contributed by atoms with Crippen molar-refractivity contribution < 1.29 is 13.2 Å². The number of carbonyl (C=O) groups excluding carboxylic acids is 1. The van der Waals surface area contributed by atoms with Gasteiger partial charge in [0.1, 0.15) is 5.75 Å². The average molecular weight is 352 g/mol. The standard InChI is InChI=1S/C17H18ClNO3S/c1-12(2)15-5-3-4-6-16(15)19-17(20)11-23(21,22)14-9-7-13(18)8-10-14/h3-10,12H,11H2,1-2H3,(H,19,20). The maximum Gasteiger partial charge on any atom is 0.239 e. The van der Waals surface area contributed by atoms with E-state index < -0.39 is 21.5 Å². The van der Waals surface area contributed by atoms with Gasteiger partial charge in [-0.3, -0.25) is 4.79 Å². The van der Waals surface area contributed by atoms with Crippen molar-refractivity contribution in [1.29, 1.82) is 0 Å². The van der Waals surface area contributed by atoms with Crippen molar-refractivity contribution in [2.75, 3.05) is 11.1 Å². The number of nitrogens with one attached hydrogen (secondary N) is 1. The van der Waals surface area contributed by atoms with Crippen molar-refractivity contribution in [3.8, 4) is 0 Å². The second-order valence-electron chi connectivity index (χ2n) is 5.50. The summed E-state index contributed by atoms with van der Waals surface area (Å²) < 4.78 is 24.5. The number of hydrogen-bond donors (Lipinski definition) is 1. The first-order valence-corrected chi connectivity index (χ1v) is 9.20. The van der Waals surface area contributed by atoms with E-state index in [0.29, 0.717) is 10.7 Å². The van der Waals surface area contributed by atoms with Crippen molar-refractivity contribution >= 4 is 33.0 Å². The van der Waals surface area contributed by atoms with Gasteiger partial charge in [-0.25, -0.2) is 8.42 Å². The van der Waals surface area contributed by atoms with Crippen LogP contribution in [0.15, 0.2) is 53.4 Å². The van der Waals surface area contributed by atoms with Gasteiger partial charge in [0.25, 0.3) is 0 Å². The third-order valence-electron chi connectivity index (χ3n) is 3.35. The van der Waals surface area contributed by atoms with E-state index in [1.54, 1.807) is 12.1 Å². The maximum absolute atomic E-state index is 12.3. The number of carbonyl (C=O) groups is 1. The average Bonchev–Trinajstić information content (AvgIpc) is 2.47. The molecule has 0 aliphatic carbocycles. The molecule has 0 heterocycles. The summed E-state index contributed by atoms with van der Waals surface area (Å²) in [5.74, 6) is -0.950. The summed E-state index contributed by atoms with van der Waals surface area (Å²) in [5, 5.41) is 3.13. The molecule has 0 atom stereocenters. The van der Waals surface area contributed by atoms with Crippen LogP contribution in [0, 0.1) is 0 Å². The third-order valence-corrected chi connectivity index (χ3v) is 5.24. The summed E-state index contributed by atoms with van der Waals surface area (Å²) >= 11 is 5.75. The molecule has 2 aromatic carbocycles. The number of sulfone groups is 1. The van der Waals surface area contributed by atoms with E-state index in [0.717, 1.165) is 5.56 Å². The van der Waals surface area contributed by atoms with Crippen molar-refractivity contribution in [3.05, 3.63) is 59.1 Å². The molecule has 4 nitrogen and oxygen atoms in total. The Morgan fingerprint density at radius 2 is 1.70 bits per heavy atom. The minimum Gasteiger partial charge on any atom is -0.325 e. The van der Waals surface area contributed by atoms with Crippen LogP contribution in [0.3, 0.4) is 0 Å². The predicted molar refractivity (Wildman–Crippen MR) is 92.7 cm³/mol. The lowest BCUT2D eigenvalue weighted by atomic mass is 10.0. The highest BCUT2D eigenvalue weighted by Crippen LogP contribution is 2.24. The first-order chi connectivity index (χ1) is 10.8. The highest BCUT2D eigenvalue weighted by molar-refractivity contribution is 7.92. The number of rotatable bonds is 5. The third kappa shape index (κ3) is 4.56. The van der Waals surface area contributed by atoms with Gasteiger partial charge >= 0.3 is 0 Å². The van der Waals surface area contributed by atoms with Crippen molar-refractivity contribution in [2.24, 2.45) is 0 Å². The zero-order valence-electron chi connectivity index (χ0n) is 12.9. The highest BCUT2D eigenvalue weighted by Gasteiger charge is 2.20. The fourth-order valence-electron chi connectivity index (χ4n) is 2.20. The molecule has 0 bridgehead atoms. The predicted octanol–water partition coefficient (Wildman–Crippen LogP) is 3.88. The van der Waals surface area contributed by atoms with Crippen LogP contribution in [-0.4, -0.2) is 20.1 Å². The zero-order chi connectivity index (χ0) is 17.0. The Bertz CT molecular complexity index is 799. The van der Waals surface area contributed by atoms with E-state index in [4.69, 9.17) is 11.6 Å². The smallest absolute Gasteiger partial charge is 0.239 e. The Hall–Kier alpha value is -1.85. The first kappa shape index (κ1) is 17.5. The molecule has 1 amide bonds. The van der Waals surface area contributed by atoms with Crippen LogP contribution in [0.2, 0.25) is 5.02 Å². The lowest BCUT2D eigenvalue weighted by molar-refractivity contribution is -0.113. The quantitative estimate of drug-likeness (QED) is 0.889. The van der Waals surface area contributed by atoms with Gasteiger partial charge in [-0.05, 0) is 41.8 Å². The molecule has 122 valence electrons. The normalized spacial score (nSPS) is 11.5. The summed E-state index contributed by atoms with van der Waals surface area (Å²) in [4.78, 5) is 12.2. The van der Waals surface area contributed by atoms with E-state index in [1.807, 2.05) is 26.0 Å². The van der Waals surface area contributed by atoms with Crippen LogP contribution in [0.1, 0.15) is 25.3 Å².